The van der Waals surface area contributed by atoms with Crippen LogP contribution in [-0.2, 0) is 12.7 Å². The molecule has 0 aliphatic heterocycles. The molecule has 0 amide bonds. The molecule has 1 N–H and O–H groups in total. The van der Waals surface area contributed by atoms with Crippen LogP contribution in [0.5, 0.6) is 0 Å². The van der Waals surface area contributed by atoms with Gasteiger partial charge in [-0.2, -0.15) is 18.3 Å². The summed E-state index contributed by atoms with van der Waals surface area (Å²) < 4.78 is 37.7. The first-order chi connectivity index (χ1) is 7.04. The van der Waals surface area contributed by atoms with E-state index in [-0.39, 0.29) is 0 Å². The third kappa shape index (κ3) is 3.75. The first-order valence-electron chi connectivity index (χ1n) is 4.46. The Morgan fingerprint density at radius 1 is 1.53 bits per heavy atom. The number of hydrogen-bond donors (Lipinski definition) is 1. The van der Waals surface area contributed by atoms with Crippen LogP contribution in [0.2, 0.25) is 0 Å². The highest BCUT2D eigenvalue weighted by molar-refractivity contribution is 5.03. The Labute approximate surface area is 85.6 Å². The summed E-state index contributed by atoms with van der Waals surface area (Å²) in [5.41, 5.74) is -0.855. The number of aromatic nitrogens is 2. The van der Waals surface area contributed by atoms with Gasteiger partial charge in [0.2, 0.25) is 0 Å². The fraction of sp³-hybridized carbons (Fsp3) is 0.444. The molecule has 0 atom stereocenters. The van der Waals surface area contributed by atoms with E-state index in [1.54, 1.807) is 6.08 Å². The summed E-state index contributed by atoms with van der Waals surface area (Å²) in [6.07, 6.45) is -1.36. The molecule has 0 aromatic carbocycles. The predicted octanol–water partition coefficient (Wildman–Crippen LogP) is 1.68. The first-order valence-corrected chi connectivity index (χ1v) is 4.46. The Kier molecular flexibility index (Phi) is 3.90. The zero-order valence-corrected chi connectivity index (χ0v) is 8.09. The Bertz CT molecular complexity index is 317. The summed E-state index contributed by atoms with van der Waals surface area (Å²) in [5.74, 6) is 0. The summed E-state index contributed by atoms with van der Waals surface area (Å²) in [4.78, 5) is 0. The smallest absolute Gasteiger partial charge is 0.311 e. The summed E-state index contributed by atoms with van der Waals surface area (Å²) in [5, 5.41) is 6.38. The van der Waals surface area contributed by atoms with E-state index < -0.39 is 11.9 Å². The first kappa shape index (κ1) is 11.8. The van der Waals surface area contributed by atoms with E-state index in [0.29, 0.717) is 19.6 Å². The van der Waals surface area contributed by atoms with Crippen LogP contribution >= 0.6 is 0 Å². The molecule has 1 rings (SSSR count). The average molecular weight is 219 g/mol. The van der Waals surface area contributed by atoms with Crippen molar-refractivity contribution in [2.75, 3.05) is 13.1 Å². The van der Waals surface area contributed by atoms with Crippen LogP contribution in [0.1, 0.15) is 5.69 Å². The molecule has 15 heavy (non-hydrogen) atoms. The fourth-order valence-corrected chi connectivity index (χ4v) is 1.04. The van der Waals surface area contributed by atoms with Gasteiger partial charge in [-0.3, -0.25) is 4.68 Å². The number of alkyl halides is 3. The maximum atomic E-state index is 12.1. The van der Waals surface area contributed by atoms with Crippen LogP contribution in [0.25, 0.3) is 0 Å². The minimum absolute atomic E-state index is 0.407. The molecular formula is C9H12F3N3. The molecule has 0 fully saturated rings. The maximum Gasteiger partial charge on any atom is 0.435 e. The molecule has 0 bridgehead atoms. The summed E-state index contributed by atoms with van der Waals surface area (Å²) in [7, 11) is 0. The van der Waals surface area contributed by atoms with Gasteiger partial charge in [0.1, 0.15) is 0 Å². The van der Waals surface area contributed by atoms with E-state index in [1.807, 2.05) is 0 Å². The Morgan fingerprint density at radius 3 is 2.80 bits per heavy atom. The van der Waals surface area contributed by atoms with Gasteiger partial charge in [-0.25, -0.2) is 0 Å². The average Bonchev–Trinajstić information content (AvgIpc) is 2.60. The highest BCUT2D eigenvalue weighted by Gasteiger charge is 2.33. The predicted molar refractivity (Wildman–Crippen MR) is 50.3 cm³/mol. The van der Waals surface area contributed by atoms with Crippen LogP contribution in [0.4, 0.5) is 13.2 Å². The monoisotopic (exact) mass is 219 g/mol. The molecule has 1 aromatic heterocycles. The Hall–Kier alpha value is -1.30. The standard InChI is InChI=1S/C9H12F3N3/c1-2-4-13-5-7-15-6-3-8(14-15)9(10,11)12/h2-3,6,13H,1,4-5,7H2. The van der Waals surface area contributed by atoms with Crippen molar-refractivity contribution >= 4 is 0 Å². The zero-order valence-electron chi connectivity index (χ0n) is 8.09. The highest BCUT2D eigenvalue weighted by Crippen LogP contribution is 2.26. The van der Waals surface area contributed by atoms with Crippen molar-refractivity contribution in [1.82, 2.24) is 15.1 Å². The number of nitrogens with zero attached hydrogens (tertiary/aromatic N) is 2. The van der Waals surface area contributed by atoms with Crippen LogP contribution in [0.3, 0.4) is 0 Å². The molecule has 0 spiro atoms. The highest BCUT2D eigenvalue weighted by atomic mass is 19.4. The normalized spacial score (nSPS) is 11.7. The van der Waals surface area contributed by atoms with Gasteiger partial charge >= 0.3 is 6.18 Å². The van der Waals surface area contributed by atoms with Crippen LogP contribution in [0, 0.1) is 0 Å². The SMILES string of the molecule is C=CCNCCn1ccc(C(F)(F)F)n1. The van der Waals surface area contributed by atoms with Gasteiger partial charge in [0.25, 0.3) is 0 Å². The van der Waals surface area contributed by atoms with Crippen LogP contribution in [-0.4, -0.2) is 22.9 Å². The van der Waals surface area contributed by atoms with E-state index in [9.17, 15) is 13.2 Å². The van der Waals surface area contributed by atoms with E-state index in [2.05, 4.69) is 17.0 Å². The minimum atomic E-state index is -4.36. The third-order valence-electron chi connectivity index (χ3n) is 1.74. The molecule has 84 valence electrons. The lowest BCUT2D eigenvalue weighted by Crippen LogP contribution is -2.20. The largest absolute Gasteiger partial charge is 0.435 e. The number of hydrogen-bond acceptors (Lipinski definition) is 2. The van der Waals surface area contributed by atoms with Gasteiger partial charge in [0.05, 0.1) is 6.54 Å². The second-order valence-electron chi connectivity index (χ2n) is 2.95. The van der Waals surface area contributed by atoms with E-state index in [0.717, 1.165) is 6.07 Å². The van der Waals surface area contributed by atoms with E-state index >= 15 is 0 Å². The molecular weight excluding hydrogens is 207 g/mol. The molecule has 0 radical (unpaired) electrons. The molecule has 1 heterocycles. The quantitative estimate of drug-likeness (QED) is 0.603. The minimum Gasteiger partial charge on any atom is -0.311 e. The Balaban J connectivity index is 2.43. The summed E-state index contributed by atoms with van der Waals surface area (Å²) in [6, 6.07) is 0.966. The Morgan fingerprint density at radius 2 is 2.27 bits per heavy atom. The lowest BCUT2D eigenvalue weighted by Gasteiger charge is -2.03. The molecule has 0 aliphatic carbocycles. The van der Waals surface area contributed by atoms with Gasteiger partial charge < -0.3 is 5.32 Å². The number of nitrogens with one attached hydrogen (secondary N) is 1. The van der Waals surface area contributed by atoms with Gasteiger partial charge in [-0.05, 0) is 6.07 Å². The van der Waals surface area contributed by atoms with Crippen LogP contribution < -0.4 is 5.32 Å². The van der Waals surface area contributed by atoms with Gasteiger partial charge in [-0.1, -0.05) is 6.08 Å². The topological polar surface area (TPSA) is 29.9 Å². The van der Waals surface area contributed by atoms with Gasteiger partial charge in [0, 0.05) is 19.3 Å². The molecule has 3 nitrogen and oxygen atoms in total. The lowest BCUT2D eigenvalue weighted by molar-refractivity contribution is -0.141. The van der Waals surface area contributed by atoms with Crippen molar-refractivity contribution in [3.05, 3.63) is 30.6 Å². The molecule has 0 unspecified atom stereocenters. The van der Waals surface area contributed by atoms with Crippen LogP contribution in [0.15, 0.2) is 24.9 Å². The third-order valence-corrected chi connectivity index (χ3v) is 1.74. The van der Waals surface area contributed by atoms with Crippen molar-refractivity contribution in [3.63, 3.8) is 0 Å². The zero-order chi connectivity index (χ0) is 11.3. The molecule has 6 heteroatoms. The molecule has 0 saturated heterocycles. The molecule has 0 aliphatic rings. The van der Waals surface area contributed by atoms with Crippen molar-refractivity contribution in [2.24, 2.45) is 0 Å². The van der Waals surface area contributed by atoms with Crippen molar-refractivity contribution in [3.8, 4) is 0 Å². The molecule has 0 saturated carbocycles. The second-order valence-corrected chi connectivity index (χ2v) is 2.95. The van der Waals surface area contributed by atoms with Crippen molar-refractivity contribution in [2.45, 2.75) is 12.7 Å². The summed E-state index contributed by atoms with van der Waals surface area (Å²) >= 11 is 0. The fourth-order valence-electron chi connectivity index (χ4n) is 1.04. The maximum absolute atomic E-state index is 12.1. The van der Waals surface area contributed by atoms with E-state index in [4.69, 9.17) is 0 Å². The number of halogens is 3. The molecule has 1 aromatic rings. The van der Waals surface area contributed by atoms with Crippen molar-refractivity contribution < 1.29 is 13.2 Å². The van der Waals surface area contributed by atoms with Crippen molar-refractivity contribution in [1.29, 1.82) is 0 Å². The van der Waals surface area contributed by atoms with Gasteiger partial charge in [-0.15, -0.1) is 6.58 Å². The summed E-state index contributed by atoms with van der Waals surface area (Å²) in [6.45, 7) is 5.11. The van der Waals surface area contributed by atoms with Gasteiger partial charge in [0.15, 0.2) is 5.69 Å². The second kappa shape index (κ2) is 4.97. The lowest BCUT2D eigenvalue weighted by atomic mass is 10.4. The number of rotatable bonds is 5. The van der Waals surface area contributed by atoms with E-state index in [1.165, 1.54) is 10.9 Å².